The molecule has 0 amide bonds. The van der Waals surface area contributed by atoms with E-state index < -0.39 is 0 Å². The van der Waals surface area contributed by atoms with E-state index in [4.69, 9.17) is 4.74 Å². The minimum Gasteiger partial charge on any atom is -0.381 e. The summed E-state index contributed by atoms with van der Waals surface area (Å²) in [5.41, 5.74) is 0.386. The summed E-state index contributed by atoms with van der Waals surface area (Å²) in [6, 6.07) is 0. The Hall–Kier alpha value is -0.450. The van der Waals surface area contributed by atoms with Crippen molar-refractivity contribution in [1.82, 2.24) is 10.3 Å². The lowest BCUT2D eigenvalue weighted by molar-refractivity contribution is -0.00995. The maximum Gasteiger partial charge on any atom is 0.0931 e. The number of hydrogen-bond acceptors (Lipinski definition) is 4. The molecule has 1 aliphatic rings. The molecule has 0 aromatic carbocycles. The number of nitrogens with one attached hydrogen (secondary N) is 1. The summed E-state index contributed by atoms with van der Waals surface area (Å²) in [5.74, 6) is 0. The van der Waals surface area contributed by atoms with Gasteiger partial charge in [0.25, 0.3) is 0 Å². The smallest absolute Gasteiger partial charge is 0.0931 e. The van der Waals surface area contributed by atoms with Crippen LogP contribution in [-0.2, 0) is 11.2 Å². The van der Waals surface area contributed by atoms with Gasteiger partial charge in [-0.3, -0.25) is 0 Å². The number of aromatic nitrogens is 1. The van der Waals surface area contributed by atoms with Crippen LogP contribution in [0.2, 0.25) is 0 Å². The highest BCUT2D eigenvalue weighted by Gasteiger charge is 2.34. The van der Waals surface area contributed by atoms with Gasteiger partial charge in [0.15, 0.2) is 0 Å². The Bertz CT molecular complexity index is 350. The van der Waals surface area contributed by atoms with Gasteiger partial charge in [0.1, 0.15) is 0 Å². The highest BCUT2D eigenvalue weighted by atomic mass is 32.1. The molecular weight excluding hydrogens is 244 g/mol. The van der Waals surface area contributed by atoms with Crippen LogP contribution in [0.15, 0.2) is 11.6 Å². The normalized spacial score (nSPS) is 25.3. The van der Waals surface area contributed by atoms with Gasteiger partial charge in [-0.05, 0) is 33.6 Å². The highest BCUT2D eigenvalue weighted by Crippen LogP contribution is 2.33. The fraction of sp³-hybridized carbons (Fsp3) is 0.786. The van der Waals surface area contributed by atoms with E-state index in [9.17, 15) is 0 Å². The molecule has 1 atom stereocenters. The molecule has 0 spiro atoms. The van der Waals surface area contributed by atoms with E-state index >= 15 is 0 Å². The largest absolute Gasteiger partial charge is 0.381 e. The third-order valence-electron chi connectivity index (χ3n) is 3.41. The summed E-state index contributed by atoms with van der Waals surface area (Å²) in [6.07, 6.45) is 5.33. The second-order valence-corrected chi connectivity index (χ2v) is 7.34. The number of thiazole rings is 1. The van der Waals surface area contributed by atoms with Crippen LogP contribution in [0, 0.1) is 5.41 Å². The van der Waals surface area contributed by atoms with E-state index in [2.05, 4.69) is 36.5 Å². The molecule has 0 bridgehead atoms. The van der Waals surface area contributed by atoms with E-state index in [1.807, 2.05) is 6.20 Å². The van der Waals surface area contributed by atoms with Gasteiger partial charge in [-0.15, -0.1) is 11.3 Å². The van der Waals surface area contributed by atoms with Crippen molar-refractivity contribution in [3.8, 4) is 0 Å². The van der Waals surface area contributed by atoms with Crippen LogP contribution in [0.1, 0.15) is 38.6 Å². The quantitative estimate of drug-likeness (QED) is 0.912. The maximum atomic E-state index is 5.74. The van der Waals surface area contributed by atoms with Gasteiger partial charge in [-0.2, -0.15) is 0 Å². The van der Waals surface area contributed by atoms with E-state index in [-0.39, 0.29) is 11.0 Å². The van der Waals surface area contributed by atoms with Gasteiger partial charge >= 0.3 is 0 Å². The summed E-state index contributed by atoms with van der Waals surface area (Å²) in [7, 11) is 0. The van der Waals surface area contributed by atoms with Gasteiger partial charge in [0.2, 0.25) is 0 Å². The number of hydrogen-bond donors (Lipinski definition) is 1. The second-order valence-electron chi connectivity index (χ2n) is 6.36. The summed E-state index contributed by atoms with van der Waals surface area (Å²) in [5, 5.41) is 6.93. The molecule has 18 heavy (non-hydrogen) atoms. The summed E-state index contributed by atoms with van der Waals surface area (Å²) in [6.45, 7) is 9.43. The van der Waals surface area contributed by atoms with Gasteiger partial charge in [0.05, 0.1) is 11.6 Å². The molecule has 2 rings (SSSR count). The highest BCUT2D eigenvalue weighted by molar-refractivity contribution is 7.09. The third kappa shape index (κ3) is 4.04. The van der Waals surface area contributed by atoms with Crippen LogP contribution in [0.4, 0.5) is 0 Å². The standard InChI is InChI=1S/C14H24N2OS/c1-13(2,3)16-10-14(5-4-7-17-11-14)9-12-15-6-8-18-12/h6,8,16H,4-5,7,9-11H2,1-3H3. The third-order valence-corrected chi connectivity index (χ3v) is 4.19. The average molecular weight is 268 g/mol. The van der Waals surface area contributed by atoms with Gasteiger partial charge in [-0.25, -0.2) is 4.98 Å². The van der Waals surface area contributed by atoms with Crippen molar-refractivity contribution in [2.75, 3.05) is 19.8 Å². The van der Waals surface area contributed by atoms with Crippen LogP contribution in [-0.4, -0.2) is 30.3 Å². The van der Waals surface area contributed by atoms with Crippen molar-refractivity contribution in [2.45, 2.75) is 45.6 Å². The molecule has 0 aliphatic carbocycles. The molecular formula is C14H24N2OS. The first kappa shape index (κ1) is 14.0. The first-order chi connectivity index (χ1) is 8.49. The molecule has 1 aliphatic heterocycles. The van der Waals surface area contributed by atoms with E-state index in [1.54, 1.807) is 11.3 Å². The number of rotatable bonds is 4. The Balaban J connectivity index is 2.02. The molecule has 1 saturated heterocycles. The fourth-order valence-corrected chi connectivity index (χ4v) is 3.16. The van der Waals surface area contributed by atoms with Crippen LogP contribution in [0.3, 0.4) is 0 Å². The van der Waals surface area contributed by atoms with Crippen LogP contribution < -0.4 is 5.32 Å². The molecule has 1 fully saturated rings. The molecule has 4 heteroatoms. The van der Waals surface area contributed by atoms with E-state index in [0.29, 0.717) is 0 Å². The number of ether oxygens (including phenoxy) is 1. The molecule has 102 valence electrons. The molecule has 1 N–H and O–H groups in total. The van der Waals surface area contributed by atoms with E-state index in [1.165, 1.54) is 11.4 Å². The van der Waals surface area contributed by atoms with Crippen molar-refractivity contribution in [3.63, 3.8) is 0 Å². The fourth-order valence-electron chi connectivity index (χ4n) is 2.37. The molecule has 0 saturated carbocycles. The summed E-state index contributed by atoms with van der Waals surface area (Å²) >= 11 is 1.75. The van der Waals surface area contributed by atoms with Crippen molar-refractivity contribution < 1.29 is 4.74 Å². The number of nitrogens with zero attached hydrogens (tertiary/aromatic N) is 1. The van der Waals surface area contributed by atoms with Crippen LogP contribution in [0.25, 0.3) is 0 Å². The van der Waals surface area contributed by atoms with Gasteiger partial charge < -0.3 is 10.1 Å². The summed E-state index contributed by atoms with van der Waals surface area (Å²) in [4.78, 5) is 4.43. The van der Waals surface area contributed by atoms with Crippen molar-refractivity contribution in [1.29, 1.82) is 0 Å². The zero-order valence-corrected chi connectivity index (χ0v) is 12.5. The molecule has 2 heterocycles. The van der Waals surface area contributed by atoms with Gasteiger partial charge in [-0.1, -0.05) is 0 Å². The first-order valence-corrected chi connectivity index (χ1v) is 7.58. The molecule has 0 radical (unpaired) electrons. The Labute approximate surface area is 114 Å². The zero-order chi connectivity index (χ0) is 13.1. The molecule has 1 aromatic rings. The molecule has 1 aromatic heterocycles. The lowest BCUT2D eigenvalue weighted by atomic mass is 9.79. The molecule has 1 unspecified atom stereocenters. The zero-order valence-electron chi connectivity index (χ0n) is 11.7. The average Bonchev–Trinajstić information content (AvgIpc) is 2.80. The van der Waals surface area contributed by atoms with Gasteiger partial charge in [0, 0.05) is 42.1 Å². The molecule has 3 nitrogen and oxygen atoms in total. The Kier molecular flexibility index (Phi) is 4.41. The minimum atomic E-state index is 0.160. The summed E-state index contributed by atoms with van der Waals surface area (Å²) < 4.78 is 5.74. The SMILES string of the molecule is CC(C)(C)NCC1(Cc2nccs2)CCCOC1. The minimum absolute atomic E-state index is 0.160. The lowest BCUT2D eigenvalue weighted by Gasteiger charge is -2.39. The van der Waals surface area contributed by atoms with Crippen LogP contribution in [0.5, 0.6) is 0 Å². The Morgan fingerprint density at radius 3 is 2.89 bits per heavy atom. The topological polar surface area (TPSA) is 34.2 Å². The Morgan fingerprint density at radius 2 is 2.33 bits per heavy atom. The lowest BCUT2D eigenvalue weighted by Crippen LogP contribution is -2.48. The predicted octanol–water partition coefficient (Wildman–Crippen LogP) is 2.87. The maximum absolute atomic E-state index is 5.74. The predicted molar refractivity (Wildman–Crippen MR) is 76.1 cm³/mol. The van der Waals surface area contributed by atoms with Crippen molar-refractivity contribution in [2.24, 2.45) is 5.41 Å². The van der Waals surface area contributed by atoms with Crippen LogP contribution >= 0.6 is 11.3 Å². The first-order valence-electron chi connectivity index (χ1n) is 6.70. The monoisotopic (exact) mass is 268 g/mol. The second kappa shape index (κ2) is 5.68. The van der Waals surface area contributed by atoms with Crippen molar-refractivity contribution >= 4 is 11.3 Å². The van der Waals surface area contributed by atoms with E-state index in [0.717, 1.165) is 32.6 Å². The Morgan fingerprint density at radius 1 is 1.50 bits per heavy atom. The van der Waals surface area contributed by atoms with Crippen molar-refractivity contribution in [3.05, 3.63) is 16.6 Å².